The van der Waals surface area contributed by atoms with Crippen LogP contribution in [0.25, 0.3) is 10.9 Å². The van der Waals surface area contributed by atoms with Gasteiger partial charge in [0.15, 0.2) is 0 Å². The highest BCUT2D eigenvalue weighted by atomic mass is 19.4. The van der Waals surface area contributed by atoms with Crippen LogP contribution < -0.4 is 0 Å². The van der Waals surface area contributed by atoms with E-state index >= 15 is 0 Å². The Balaban J connectivity index is 2.58. The van der Waals surface area contributed by atoms with Gasteiger partial charge in [0.05, 0.1) is 10.4 Å². The Morgan fingerprint density at radius 1 is 1.18 bits per heavy atom. The summed E-state index contributed by atoms with van der Waals surface area (Å²) in [5.41, 5.74) is -1.12. The zero-order valence-corrected chi connectivity index (χ0v) is 8.23. The van der Waals surface area contributed by atoms with Crippen molar-refractivity contribution in [2.75, 3.05) is 0 Å². The SMILES string of the molecule is O=[N+]([O-])c1ccc2nc(C(F)(F)F)ccc2c1. The van der Waals surface area contributed by atoms with Crippen molar-refractivity contribution in [3.8, 4) is 0 Å². The van der Waals surface area contributed by atoms with Crippen molar-refractivity contribution in [3.63, 3.8) is 0 Å². The summed E-state index contributed by atoms with van der Waals surface area (Å²) in [5.74, 6) is 0. The van der Waals surface area contributed by atoms with Crippen molar-refractivity contribution in [1.82, 2.24) is 4.98 Å². The summed E-state index contributed by atoms with van der Waals surface area (Å²) in [7, 11) is 0. The van der Waals surface area contributed by atoms with Gasteiger partial charge in [-0.05, 0) is 12.1 Å². The molecule has 0 aliphatic rings. The summed E-state index contributed by atoms with van der Waals surface area (Å²) >= 11 is 0. The van der Waals surface area contributed by atoms with E-state index in [0.29, 0.717) is 5.39 Å². The van der Waals surface area contributed by atoms with Gasteiger partial charge in [-0.25, -0.2) is 4.98 Å². The average molecular weight is 242 g/mol. The minimum Gasteiger partial charge on any atom is -0.258 e. The van der Waals surface area contributed by atoms with Crippen LogP contribution in [0.5, 0.6) is 0 Å². The number of non-ortho nitro benzene ring substituents is 1. The molecule has 2 rings (SSSR count). The summed E-state index contributed by atoms with van der Waals surface area (Å²) in [6, 6.07) is 5.46. The molecule has 0 aliphatic carbocycles. The van der Waals surface area contributed by atoms with Crippen molar-refractivity contribution < 1.29 is 18.1 Å². The van der Waals surface area contributed by atoms with E-state index in [2.05, 4.69) is 4.98 Å². The lowest BCUT2D eigenvalue weighted by Crippen LogP contribution is -2.07. The second-order valence-electron chi connectivity index (χ2n) is 3.33. The molecular formula is C10H5F3N2O2. The molecule has 0 fully saturated rings. The fourth-order valence-electron chi connectivity index (χ4n) is 1.38. The summed E-state index contributed by atoms with van der Waals surface area (Å²) in [5, 5.41) is 10.8. The molecule has 2 aromatic rings. The molecule has 0 bridgehead atoms. The number of hydrogen-bond donors (Lipinski definition) is 0. The fourth-order valence-corrected chi connectivity index (χ4v) is 1.38. The van der Waals surface area contributed by atoms with E-state index in [4.69, 9.17) is 0 Å². The van der Waals surface area contributed by atoms with E-state index < -0.39 is 16.8 Å². The Bertz CT molecular complexity index is 596. The Hall–Kier alpha value is -2.18. The zero-order valence-electron chi connectivity index (χ0n) is 8.23. The maximum Gasteiger partial charge on any atom is 0.433 e. The van der Waals surface area contributed by atoms with Crippen LogP contribution in [0, 0.1) is 10.1 Å². The number of pyridine rings is 1. The molecule has 1 aromatic heterocycles. The monoisotopic (exact) mass is 242 g/mol. The number of nitrogens with zero attached hydrogens (tertiary/aromatic N) is 2. The molecule has 0 unspecified atom stereocenters. The van der Waals surface area contributed by atoms with Gasteiger partial charge in [0.1, 0.15) is 5.69 Å². The number of fused-ring (bicyclic) bond motifs is 1. The molecule has 0 saturated carbocycles. The third kappa shape index (κ3) is 2.17. The number of halogens is 3. The van der Waals surface area contributed by atoms with E-state index in [1.54, 1.807) is 0 Å². The predicted molar refractivity (Wildman–Crippen MR) is 53.4 cm³/mol. The minimum atomic E-state index is -4.52. The number of rotatable bonds is 1. The number of nitro benzene ring substituents is 1. The molecule has 0 aliphatic heterocycles. The third-order valence-electron chi connectivity index (χ3n) is 2.17. The summed E-state index contributed by atoms with van der Waals surface area (Å²) in [4.78, 5) is 13.3. The predicted octanol–water partition coefficient (Wildman–Crippen LogP) is 3.16. The molecule has 0 radical (unpaired) electrons. The topological polar surface area (TPSA) is 56.0 Å². The smallest absolute Gasteiger partial charge is 0.258 e. The fraction of sp³-hybridized carbons (Fsp3) is 0.100. The summed E-state index contributed by atoms with van der Waals surface area (Å²) in [6.45, 7) is 0. The summed E-state index contributed by atoms with van der Waals surface area (Å²) < 4.78 is 37.1. The van der Waals surface area contributed by atoms with Crippen molar-refractivity contribution in [3.05, 3.63) is 46.1 Å². The number of hydrogen-bond acceptors (Lipinski definition) is 3. The van der Waals surface area contributed by atoms with Gasteiger partial charge in [0.25, 0.3) is 5.69 Å². The lowest BCUT2D eigenvalue weighted by molar-refractivity contribution is -0.384. The van der Waals surface area contributed by atoms with Gasteiger partial charge in [0, 0.05) is 17.5 Å². The van der Waals surface area contributed by atoms with Crippen LogP contribution in [-0.4, -0.2) is 9.91 Å². The van der Waals surface area contributed by atoms with Crippen molar-refractivity contribution in [1.29, 1.82) is 0 Å². The Labute approximate surface area is 92.8 Å². The lowest BCUT2D eigenvalue weighted by Gasteiger charge is -2.06. The van der Waals surface area contributed by atoms with Crippen LogP contribution >= 0.6 is 0 Å². The van der Waals surface area contributed by atoms with Gasteiger partial charge < -0.3 is 0 Å². The highest BCUT2D eigenvalue weighted by molar-refractivity contribution is 5.81. The van der Waals surface area contributed by atoms with Crippen LogP contribution in [0.2, 0.25) is 0 Å². The first-order valence-corrected chi connectivity index (χ1v) is 4.50. The molecule has 88 valence electrons. The van der Waals surface area contributed by atoms with E-state index in [0.717, 1.165) is 18.2 Å². The maximum atomic E-state index is 12.4. The molecule has 1 aromatic carbocycles. The largest absolute Gasteiger partial charge is 0.433 e. The van der Waals surface area contributed by atoms with E-state index in [1.807, 2.05) is 0 Å². The highest BCUT2D eigenvalue weighted by Crippen LogP contribution is 2.29. The van der Waals surface area contributed by atoms with Crippen molar-refractivity contribution in [2.24, 2.45) is 0 Å². The van der Waals surface area contributed by atoms with Gasteiger partial charge in [-0.2, -0.15) is 13.2 Å². The Morgan fingerprint density at radius 2 is 1.88 bits per heavy atom. The van der Waals surface area contributed by atoms with Gasteiger partial charge in [-0.15, -0.1) is 0 Å². The molecule has 0 N–H and O–H groups in total. The average Bonchev–Trinajstić information content (AvgIpc) is 2.26. The maximum absolute atomic E-state index is 12.4. The normalized spacial score (nSPS) is 11.7. The van der Waals surface area contributed by atoms with Crippen LogP contribution in [0.1, 0.15) is 5.69 Å². The second kappa shape index (κ2) is 3.69. The molecule has 7 heteroatoms. The van der Waals surface area contributed by atoms with Crippen LogP contribution in [0.4, 0.5) is 18.9 Å². The van der Waals surface area contributed by atoms with E-state index in [-0.39, 0.29) is 11.2 Å². The second-order valence-corrected chi connectivity index (χ2v) is 3.33. The van der Waals surface area contributed by atoms with E-state index in [1.165, 1.54) is 12.1 Å². The number of benzene rings is 1. The molecule has 0 spiro atoms. The van der Waals surface area contributed by atoms with Gasteiger partial charge in [-0.3, -0.25) is 10.1 Å². The zero-order chi connectivity index (χ0) is 12.6. The first-order chi connectivity index (χ1) is 7.88. The molecule has 17 heavy (non-hydrogen) atoms. The molecule has 1 heterocycles. The first-order valence-electron chi connectivity index (χ1n) is 4.50. The summed E-state index contributed by atoms with van der Waals surface area (Å²) in [6.07, 6.45) is -4.52. The van der Waals surface area contributed by atoms with Gasteiger partial charge in [-0.1, -0.05) is 6.07 Å². The number of alkyl halides is 3. The molecular weight excluding hydrogens is 237 g/mol. The number of nitro groups is 1. The lowest BCUT2D eigenvalue weighted by atomic mass is 10.2. The van der Waals surface area contributed by atoms with Crippen LogP contribution in [0.3, 0.4) is 0 Å². The van der Waals surface area contributed by atoms with Crippen LogP contribution in [-0.2, 0) is 6.18 Å². The Morgan fingerprint density at radius 3 is 2.47 bits per heavy atom. The minimum absolute atomic E-state index is 0.0745. The Kier molecular flexibility index (Phi) is 2.45. The van der Waals surface area contributed by atoms with Gasteiger partial charge >= 0.3 is 6.18 Å². The molecule has 4 nitrogen and oxygen atoms in total. The quantitative estimate of drug-likeness (QED) is 0.570. The standard InChI is InChI=1S/C10H5F3N2O2/c11-10(12,13)9-4-1-6-5-7(15(16)17)2-3-8(6)14-9/h1-5H. The highest BCUT2D eigenvalue weighted by Gasteiger charge is 2.32. The number of aromatic nitrogens is 1. The molecule has 0 amide bonds. The van der Waals surface area contributed by atoms with Crippen molar-refractivity contribution in [2.45, 2.75) is 6.18 Å². The van der Waals surface area contributed by atoms with Crippen LogP contribution in [0.15, 0.2) is 30.3 Å². The third-order valence-corrected chi connectivity index (χ3v) is 2.17. The van der Waals surface area contributed by atoms with E-state index in [9.17, 15) is 23.3 Å². The molecule has 0 atom stereocenters. The van der Waals surface area contributed by atoms with Gasteiger partial charge in [0.2, 0.25) is 0 Å². The molecule has 0 saturated heterocycles. The first kappa shape index (κ1) is 11.3. The van der Waals surface area contributed by atoms with Crippen molar-refractivity contribution >= 4 is 16.6 Å².